The van der Waals surface area contributed by atoms with Crippen molar-refractivity contribution in [3.05, 3.63) is 70.3 Å². The van der Waals surface area contributed by atoms with Crippen molar-refractivity contribution in [2.45, 2.75) is 0 Å². The number of hydrogen-bond donors (Lipinski definition) is 2. The van der Waals surface area contributed by atoms with E-state index in [1.807, 2.05) is 0 Å². The highest BCUT2D eigenvalue weighted by Gasteiger charge is 2.04. The van der Waals surface area contributed by atoms with Crippen molar-refractivity contribution in [3.63, 3.8) is 0 Å². The maximum atomic E-state index is 11.9. The number of benzene rings is 2. The number of nitro groups is 1. The zero-order chi connectivity index (χ0) is 18.2. The van der Waals surface area contributed by atoms with Crippen LogP contribution in [0.1, 0.15) is 5.56 Å². The van der Waals surface area contributed by atoms with Gasteiger partial charge in [-0.3, -0.25) is 20.2 Å². The number of nitro benzene ring substituents is 1. The molecule has 0 bridgehead atoms. The maximum absolute atomic E-state index is 11.9. The lowest BCUT2D eigenvalue weighted by molar-refractivity contribution is -0.384. The van der Waals surface area contributed by atoms with Crippen LogP contribution in [0.3, 0.4) is 0 Å². The molecule has 0 atom stereocenters. The van der Waals surface area contributed by atoms with E-state index in [4.69, 9.17) is 17.0 Å². The molecule has 0 saturated heterocycles. The van der Waals surface area contributed by atoms with Gasteiger partial charge in [-0.05, 0) is 48.1 Å². The highest BCUT2D eigenvalue weighted by atomic mass is 32.1. The fourth-order valence-electron chi connectivity index (χ4n) is 1.90. The van der Waals surface area contributed by atoms with E-state index in [0.29, 0.717) is 17.0 Å². The van der Waals surface area contributed by atoms with Gasteiger partial charge in [0.1, 0.15) is 5.75 Å². The number of anilines is 1. The summed E-state index contributed by atoms with van der Waals surface area (Å²) in [6.45, 7) is 0. The topological polar surface area (TPSA) is 93.5 Å². The molecule has 2 aromatic carbocycles. The maximum Gasteiger partial charge on any atom is 0.269 e. The molecule has 2 aromatic rings. The van der Waals surface area contributed by atoms with E-state index < -0.39 is 10.8 Å². The van der Waals surface area contributed by atoms with E-state index in [0.717, 1.165) is 0 Å². The Morgan fingerprint density at radius 2 is 1.96 bits per heavy atom. The molecule has 1 amide bonds. The summed E-state index contributed by atoms with van der Waals surface area (Å²) in [6, 6.07) is 12.9. The number of methoxy groups -OCH3 is 1. The Balaban J connectivity index is 1.90. The summed E-state index contributed by atoms with van der Waals surface area (Å²) in [5.41, 5.74) is 1.33. The average molecular weight is 357 g/mol. The van der Waals surface area contributed by atoms with Gasteiger partial charge in [-0.15, -0.1) is 0 Å². The summed E-state index contributed by atoms with van der Waals surface area (Å²) < 4.78 is 5.10. The average Bonchev–Trinajstić information content (AvgIpc) is 2.60. The Hall–Kier alpha value is -3.26. The molecule has 7 nitrogen and oxygen atoms in total. The first-order chi connectivity index (χ1) is 12.0. The van der Waals surface area contributed by atoms with Crippen molar-refractivity contribution in [1.29, 1.82) is 0 Å². The first-order valence-corrected chi connectivity index (χ1v) is 7.57. The number of ether oxygens (including phenoxy) is 1. The van der Waals surface area contributed by atoms with Crippen LogP contribution < -0.4 is 15.4 Å². The molecule has 0 spiro atoms. The Morgan fingerprint density at radius 1 is 1.24 bits per heavy atom. The molecule has 2 N–H and O–H groups in total. The van der Waals surface area contributed by atoms with Crippen molar-refractivity contribution in [2.75, 3.05) is 12.4 Å². The molecular weight excluding hydrogens is 342 g/mol. The van der Waals surface area contributed by atoms with Gasteiger partial charge in [0.2, 0.25) is 5.91 Å². The lowest BCUT2D eigenvalue weighted by Crippen LogP contribution is -2.32. The molecule has 2 rings (SSSR count). The third-order valence-corrected chi connectivity index (χ3v) is 3.30. The normalized spacial score (nSPS) is 10.3. The minimum atomic E-state index is -0.483. The molecule has 0 radical (unpaired) electrons. The van der Waals surface area contributed by atoms with Crippen molar-refractivity contribution < 1.29 is 14.5 Å². The van der Waals surface area contributed by atoms with Crippen LogP contribution in [0.25, 0.3) is 6.08 Å². The van der Waals surface area contributed by atoms with Crippen LogP contribution in [0.2, 0.25) is 0 Å². The summed E-state index contributed by atoms with van der Waals surface area (Å²) >= 11 is 5.08. The number of hydrogen-bond acceptors (Lipinski definition) is 5. The molecule has 0 unspecified atom stereocenters. The van der Waals surface area contributed by atoms with Gasteiger partial charge >= 0.3 is 0 Å². The van der Waals surface area contributed by atoms with Gasteiger partial charge in [0, 0.05) is 30.0 Å². The zero-order valence-electron chi connectivity index (χ0n) is 13.3. The smallest absolute Gasteiger partial charge is 0.269 e. The van der Waals surface area contributed by atoms with Crippen LogP contribution in [0.5, 0.6) is 5.75 Å². The van der Waals surface area contributed by atoms with Crippen LogP contribution >= 0.6 is 12.2 Å². The van der Waals surface area contributed by atoms with E-state index in [9.17, 15) is 14.9 Å². The summed E-state index contributed by atoms with van der Waals surface area (Å²) in [5, 5.41) is 16.1. The molecule has 0 aliphatic heterocycles. The summed E-state index contributed by atoms with van der Waals surface area (Å²) in [6.07, 6.45) is 2.83. The van der Waals surface area contributed by atoms with Crippen molar-refractivity contribution in [2.24, 2.45) is 0 Å². The van der Waals surface area contributed by atoms with E-state index in [-0.39, 0.29) is 10.8 Å². The predicted octanol–water partition coefficient (Wildman–Crippen LogP) is 3.13. The van der Waals surface area contributed by atoms with Gasteiger partial charge in [-0.25, -0.2) is 0 Å². The summed E-state index contributed by atoms with van der Waals surface area (Å²) in [4.78, 5) is 22.0. The molecular formula is C17H15N3O4S. The number of carbonyl (C=O) groups excluding carboxylic acids is 1. The minimum Gasteiger partial charge on any atom is -0.497 e. The van der Waals surface area contributed by atoms with Crippen LogP contribution in [-0.2, 0) is 4.79 Å². The Kier molecular flexibility index (Phi) is 6.19. The highest BCUT2D eigenvalue weighted by molar-refractivity contribution is 7.80. The van der Waals surface area contributed by atoms with Gasteiger partial charge in [-0.1, -0.05) is 6.07 Å². The second-order valence-corrected chi connectivity index (χ2v) is 5.27. The molecule has 0 heterocycles. The number of nitrogens with zero attached hydrogens (tertiary/aromatic N) is 1. The van der Waals surface area contributed by atoms with Gasteiger partial charge < -0.3 is 10.1 Å². The van der Waals surface area contributed by atoms with Gasteiger partial charge in [0.05, 0.1) is 12.0 Å². The standard InChI is InChI=1S/C17H15N3O4S/c1-24-15-4-2-3-13(11-15)18-17(25)19-16(21)10-7-12-5-8-14(9-6-12)20(22)23/h2-11H,1H3,(H2,18,19,21,25)/b10-7+. The zero-order valence-corrected chi connectivity index (χ0v) is 14.1. The molecule has 25 heavy (non-hydrogen) atoms. The predicted molar refractivity (Wildman–Crippen MR) is 99.5 cm³/mol. The fourth-order valence-corrected chi connectivity index (χ4v) is 2.11. The van der Waals surface area contributed by atoms with E-state index in [2.05, 4.69) is 10.6 Å². The number of non-ortho nitro benzene ring substituents is 1. The van der Waals surface area contributed by atoms with E-state index in [1.54, 1.807) is 43.5 Å². The van der Waals surface area contributed by atoms with E-state index in [1.165, 1.54) is 24.3 Å². The lowest BCUT2D eigenvalue weighted by Gasteiger charge is -2.09. The lowest BCUT2D eigenvalue weighted by atomic mass is 10.2. The van der Waals surface area contributed by atoms with Gasteiger partial charge in [0.25, 0.3) is 5.69 Å². The van der Waals surface area contributed by atoms with E-state index >= 15 is 0 Å². The van der Waals surface area contributed by atoms with Crippen molar-refractivity contribution in [3.8, 4) is 5.75 Å². The molecule has 0 aliphatic rings. The van der Waals surface area contributed by atoms with Crippen LogP contribution in [0.15, 0.2) is 54.6 Å². The van der Waals surface area contributed by atoms with Gasteiger partial charge in [-0.2, -0.15) is 0 Å². The Labute approximate surface area is 149 Å². The summed E-state index contributed by atoms with van der Waals surface area (Å²) in [5.74, 6) is 0.246. The highest BCUT2D eigenvalue weighted by Crippen LogP contribution is 2.16. The number of carbonyl (C=O) groups is 1. The largest absolute Gasteiger partial charge is 0.497 e. The second-order valence-electron chi connectivity index (χ2n) is 4.86. The third kappa shape index (κ3) is 5.70. The molecule has 0 aliphatic carbocycles. The third-order valence-electron chi connectivity index (χ3n) is 3.10. The SMILES string of the molecule is COc1cccc(NC(=S)NC(=O)/C=C/c2ccc([N+](=O)[O-])cc2)c1. The monoisotopic (exact) mass is 357 g/mol. The van der Waals surface area contributed by atoms with Crippen LogP contribution in [-0.4, -0.2) is 23.1 Å². The summed E-state index contributed by atoms with van der Waals surface area (Å²) in [7, 11) is 1.56. The van der Waals surface area contributed by atoms with Gasteiger partial charge in [0.15, 0.2) is 5.11 Å². The quantitative estimate of drug-likeness (QED) is 0.370. The first kappa shape index (κ1) is 18.1. The first-order valence-electron chi connectivity index (χ1n) is 7.16. The number of nitrogens with one attached hydrogen (secondary N) is 2. The molecule has 0 saturated carbocycles. The minimum absolute atomic E-state index is 0.00901. The molecule has 0 aromatic heterocycles. The van der Waals surface area contributed by atoms with Crippen LogP contribution in [0, 0.1) is 10.1 Å². The number of thiocarbonyl (C=S) groups is 1. The Bertz CT molecular complexity index is 819. The number of amides is 1. The van der Waals surface area contributed by atoms with Crippen molar-refractivity contribution >= 4 is 40.7 Å². The number of rotatable bonds is 5. The molecule has 0 fully saturated rings. The van der Waals surface area contributed by atoms with Crippen LogP contribution in [0.4, 0.5) is 11.4 Å². The fraction of sp³-hybridized carbons (Fsp3) is 0.0588. The molecule has 8 heteroatoms. The second kappa shape index (κ2) is 8.55. The molecule has 128 valence electrons. The van der Waals surface area contributed by atoms with Crippen molar-refractivity contribution in [1.82, 2.24) is 5.32 Å². The Morgan fingerprint density at radius 3 is 2.60 bits per heavy atom.